The average Bonchev–Trinajstić information content (AvgIpc) is 2.47. The molecule has 2 aromatic heterocycles. The Kier molecular flexibility index (Phi) is 4.58. The third-order valence-electron chi connectivity index (χ3n) is 2.60. The van der Waals surface area contributed by atoms with Crippen molar-refractivity contribution >= 4 is 5.71 Å². The van der Waals surface area contributed by atoms with Crippen LogP contribution in [0.4, 0.5) is 0 Å². The van der Waals surface area contributed by atoms with Crippen LogP contribution in [-0.4, -0.2) is 27.0 Å². The molecule has 0 aliphatic carbocycles. The van der Waals surface area contributed by atoms with Crippen molar-refractivity contribution in [2.75, 3.05) is 6.61 Å². The van der Waals surface area contributed by atoms with Crippen molar-refractivity contribution in [3.05, 3.63) is 60.0 Å². The smallest absolute Gasteiger partial charge is 0.155 e. The number of nitrogens with zero attached hydrogens (tertiary/aromatic N) is 4. The van der Waals surface area contributed by atoms with Gasteiger partial charge in [-0.15, -0.1) is 5.10 Å². The number of aromatic nitrogens is 2. The Morgan fingerprint density at radius 1 is 1.26 bits per heavy atom. The summed E-state index contributed by atoms with van der Waals surface area (Å²) in [6.45, 7) is 2.43. The SMILES string of the molecule is CC(=N/N=c1\ccccn1CCO)c1ccccn1. The van der Waals surface area contributed by atoms with Gasteiger partial charge < -0.3 is 9.67 Å². The molecule has 0 atom stereocenters. The lowest BCUT2D eigenvalue weighted by Gasteiger charge is -2.03. The molecule has 1 N–H and O–H groups in total. The van der Waals surface area contributed by atoms with E-state index in [1.54, 1.807) is 6.20 Å². The van der Waals surface area contributed by atoms with Gasteiger partial charge in [0.15, 0.2) is 5.49 Å². The van der Waals surface area contributed by atoms with Gasteiger partial charge in [-0.25, -0.2) is 0 Å². The van der Waals surface area contributed by atoms with E-state index in [4.69, 9.17) is 5.11 Å². The molecule has 0 bridgehead atoms. The number of aliphatic hydroxyl groups is 1. The van der Waals surface area contributed by atoms with Gasteiger partial charge in [-0.3, -0.25) is 4.98 Å². The van der Waals surface area contributed by atoms with Gasteiger partial charge in [-0.2, -0.15) is 5.10 Å². The molecule has 2 rings (SSSR count). The minimum Gasteiger partial charge on any atom is -0.395 e. The molecule has 5 heteroatoms. The minimum atomic E-state index is 0.0696. The molecule has 0 amide bonds. The van der Waals surface area contributed by atoms with Crippen LogP contribution in [0.1, 0.15) is 12.6 Å². The molecule has 0 unspecified atom stereocenters. The van der Waals surface area contributed by atoms with Gasteiger partial charge in [-0.05, 0) is 31.2 Å². The molecule has 0 spiro atoms. The number of rotatable bonds is 4. The highest BCUT2D eigenvalue weighted by Gasteiger charge is 1.96. The molecule has 98 valence electrons. The zero-order valence-electron chi connectivity index (χ0n) is 10.8. The first-order valence-electron chi connectivity index (χ1n) is 6.07. The fourth-order valence-corrected chi connectivity index (χ4v) is 1.61. The maximum Gasteiger partial charge on any atom is 0.155 e. The van der Waals surface area contributed by atoms with Gasteiger partial charge in [0, 0.05) is 18.9 Å². The van der Waals surface area contributed by atoms with Crippen LogP contribution >= 0.6 is 0 Å². The highest BCUT2D eigenvalue weighted by Crippen LogP contribution is 1.96. The maximum absolute atomic E-state index is 8.99. The van der Waals surface area contributed by atoms with Crippen molar-refractivity contribution in [3.8, 4) is 0 Å². The fraction of sp³-hybridized carbons (Fsp3) is 0.214. The second-order valence-electron chi connectivity index (χ2n) is 3.98. The average molecular weight is 256 g/mol. The van der Waals surface area contributed by atoms with Gasteiger partial charge in [-0.1, -0.05) is 12.1 Å². The van der Waals surface area contributed by atoms with Gasteiger partial charge in [0.05, 0.1) is 18.0 Å². The van der Waals surface area contributed by atoms with Crippen LogP contribution in [0.25, 0.3) is 0 Å². The van der Waals surface area contributed by atoms with E-state index in [9.17, 15) is 0 Å². The second-order valence-corrected chi connectivity index (χ2v) is 3.98. The summed E-state index contributed by atoms with van der Waals surface area (Å²) in [7, 11) is 0. The Bertz CT molecular complexity index is 617. The quantitative estimate of drug-likeness (QED) is 0.660. The van der Waals surface area contributed by atoms with Crippen molar-refractivity contribution in [1.82, 2.24) is 9.55 Å². The number of hydrogen-bond donors (Lipinski definition) is 1. The van der Waals surface area contributed by atoms with Gasteiger partial charge in [0.25, 0.3) is 0 Å². The Morgan fingerprint density at radius 2 is 2.11 bits per heavy atom. The van der Waals surface area contributed by atoms with E-state index in [1.165, 1.54) is 0 Å². The normalized spacial score (nSPS) is 12.7. The van der Waals surface area contributed by atoms with Crippen molar-refractivity contribution in [3.63, 3.8) is 0 Å². The monoisotopic (exact) mass is 256 g/mol. The van der Waals surface area contributed by atoms with E-state index in [0.717, 1.165) is 11.4 Å². The molecule has 0 fully saturated rings. The van der Waals surface area contributed by atoms with E-state index in [1.807, 2.05) is 54.1 Å². The molecule has 19 heavy (non-hydrogen) atoms. The molecule has 0 aliphatic rings. The lowest BCUT2D eigenvalue weighted by molar-refractivity contribution is 0.273. The van der Waals surface area contributed by atoms with Crippen LogP contribution in [0.15, 0.2) is 59.0 Å². The summed E-state index contributed by atoms with van der Waals surface area (Å²) < 4.78 is 1.84. The molecular formula is C14H16N4O. The third kappa shape index (κ3) is 3.59. The molecule has 2 heterocycles. The van der Waals surface area contributed by atoms with E-state index in [-0.39, 0.29) is 6.61 Å². The zero-order valence-corrected chi connectivity index (χ0v) is 10.8. The summed E-state index contributed by atoms with van der Waals surface area (Å²) in [6, 6.07) is 11.3. The molecule has 0 saturated carbocycles. The maximum atomic E-state index is 8.99. The predicted molar refractivity (Wildman–Crippen MR) is 73.5 cm³/mol. The number of pyridine rings is 2. The molecule has 0 saturated heterocycles. The van der Waals surface area contributed by atoms with Gasteiger partial charge in [0.2, 0.25) is 0 Å². The number of hydrogen-bond acceptors (Lipinski definition) is 4. The summed E-state index contributed by atoms with van der Waals surface area (Å²) >= 11 is 0. The zero-order chi connectivity index (χ0) is 13.5. The molecule has 0 radical (unpaired) electrons. The first-order chi connectivity index (χ1) is 9.31. The first-order valence-corrected chi connectivity index (χ1v) is 6.07. The van der Waals surface area contributed by atoms with E-state index < -0.39 is 0 Å². The van der Waals surface area contributed by atoms with Crippen molar-refractivity contribution in [2.45, 2.75) is 13.5 Å². The predicted octanol–water partition coefficient (Wildman–Crippen LogP) is 1.20. The lowest BCUT2D eigenvalue weighted by Crippen LogP contribution is -2.21. The standard InChI is InChI=1S/C14H16N4O/c1-12(13-6-2-4-8-15-13)16-17-14-7-3-5-9-18(14)10-11-19/h2-9,19H,10-11H2,1H3/b16-12?,17-14+. The Balaban J connectivity index is 2.32. The molecule has 2 aromatic rings. The Labute approximate surface area is 111 Å². The first kappa shape index (κ1) is 13.2. The summed E-state index contributed by atoms with van der Waals surface area (Å²) in [5.41, 5.74) is 2.25. The van der Waals surface area contributed by atoms with Crippen LogP contribution in [0.3, 0.4) is 0 Å². The molecule has 0 aromatic carbocycles. The largest absolute Gasteiger partial charge is 0.395 e. The molecule has 0 aliphatic heterocycles. The number of aliphatic hydroxyl groups excluding tert-OH is 1. The summed E-state index contributed by atoms with van der Waals surface area (Å²) in [6.07, 6.45) is 3.59. The fourth-order valence-electron chi connectivity index (χ4n) is 1.61. The van der Waals surface area contributed by atoms with E-state index in [2.05, 4.69) is 15.2 Å². The van der Waals surface area contributed by atoms with Crippen LogP contribution in [0, 0.1) is 0 Å². The minimum absolute atomic E-state index is 0.0696. The summed E-state index contributed by atoms with van der Waals surface area (Å²) in [4.78, 5) is 4.21. The van der Waals surface area contributed by atoms with Crippen molar-refractivity contribution in [1.29, 1.82) is 0 Å². The van der Waals surface area contributed by atoms with Gasteiger partial charge in [0.1, 0.15) is 0 Å². The molecular weight excluding hydrogens is 240 g/mol. The topological polar surface area (TPSA) is 62.8 Å². The second kappa shape index (κ2) is 6.61. The van der Waals surface area contributed by atoms with E-state index in [0.29, 0.717) is 12.0 Å². The van der Waals surface area contributed by atoms with Crippen LogP contribution in [-0.2, 0) is 6.54 Å². The van der Waals surface area contributed by atoms with Crippen molar-refractivity contribution < 1.29 is 5.11 Å². The van der Waals surface area contributed by atoms with Crippen LogP contribution in [0.2, 0.25) is 0 Å². The third-order valence-corrected chi connectivity index (χ3v) is 2.60. The highest BCUT2D eigenvalue weighted by molar-refractivity contribution is 5.96. The van der Waals surface area contributed by atoms with E-state index >= 15 is 0 Å². The Hall–Kier alpha value is -2.27. The van der Waals surface area contributed by atoms with Gasteiger partial charge >= 0.3 is 0 Å². The Morgan fingerprint density at radius 3 is 2.84 bits per heavy atom. The molecule has 5 nitrogen and oxygen atoms in total. The lowest BCUT2D eigenvalue weighted by atomic mass is 10.3. The summed E-state index contributed by atoms with van der Waals surface area (Å²) in [5, 5.41) is 17.4. The highest BCUT2D eigenvalue weighted by atomic mass is 16.3. The van der Waals surface area contributed by atoms with Crippen LogP contribution < -0.4 is 5.49 Å². The van der Waals surface area contributed by atoms with Crippen LogP contribution in [0.5, 0.6) is 0 Å². The summed E-state index contributed by atoms with van der Waals surface area (Å²) in [5.74, 6) is 0. The van der Waals surface area contributed by atoms with Crippen molar-refractivity contribution in [2.24, 2.45) is 10.2 Å².